The fourth-order valence-electron chi connectivity index (χ4n) is 3.64. The van der Waals surface area contributed by atoms with E-state index in [9.17, 15) is 4.79 Å². The van der Waals surface area contributed by atoms with E-state index in [4.69, 9.17) is 4.52 Å². The molecular weight excluding hydrogens is 390 g/mol. The molecule has 4 rings (SSSR count). The molecule has 1 amide bonds. The topological polar surface area (TPSA) is 74.5 Å². The zero-order valence-corrected chi connectivity index (χ0v) is 18.1. The molecular formula is C24H29N5O2. The summed E-state index contributed by atoms with van der Waals surface area (Å²) in [5, 5.41) is 7.03. The number of nitrogens with zero attached hydrogens (tertiary/aromatic N) is 4. The lowest BCUT2D eigenvalue weighted by molar-refractivity contribution is -0.117. The largest absolute Gasteiger partial charge is 0.338 e. The van der Waals surface area contributed by atoms with E-state index in [1.165, 1.54) is 5.56 Å². The smallest absolute Gasteiger partial charge is 0.240 e. The fourth-order valence-corrected chi connectivity index (χ4v) is 3.64. The van der Waals surface area contributed by atoms with Crippen molar-refractivity contribution in [2.24, 2.45) is 0 Å². The second kappa shape index (κ2) is 9.85. The normalized spacial score (nSPS) is 15.3. The molecule has 3 aromatic rings. The van der Waals surface area contributed by atoms with Crippen molar-refractivity contribution in [1.29, 1.82) is 0 Å². The first-order valence-corrected chi connectivity index (χ1v) is 10.8. The monoisotopic (exact) mass is 419 g/mol. The zero-order chi connectivity index (χ0) is 21.6. The van der Waals surface area contributed by atoms with E-state index < -0.39 is 0 Å². The van der Waals surface area contributed by atoms with Gasteiger partial charge in [-0.2, -0.15) is 4.98 Å². The van der Waals surface area contributed by atoms with Crippen LogP contribution >= 0.6 is 0 Å². The minimum atomic E-state index is 0.0133. The van der Waals surface area contributed by atoms with Gasteiger partial charge in [0.25, 0.3) is 0 Å². The molecule has 0 bridgehead atoms. The van der Waals surface area contributed by atoms with Gasteiger partial charge in [0.2, 0.25) is 11.8 Å². The summed E-state index contributed by atoms with van der Waals surface area (Å²) >= 11 is 0. The van der Waals surface area contributed by atoms with E-state index in [0.717, 1.165) is 43.3 Å². The predicted octanol–water partition coefficient (Wildman–Crippen LogP) is 3.62. The highest BCUT2D eigenvalue weighted by Crippen LogP contribution is 2.21. The Morgan fingerprint density at radius 1 is 0.968 bits per heavy atom. The molecule has 7 heteroatoms. The van der Waals surface area contributed by atoms with Crippen LogP contribution in [0.25, 0.3) is 11.1 Å². The number of anilines is 1. The molecule has 7 nitrogen and oxygen atoms in total. The van der Waals surface area contributed by atoms with Gasteiger partial charge in [-0.05, 0) is 23.3 Å². The van der Waals surface area contributed by atoms with Crippen LogP contribution in [-0.2, 0) is 11.3 Å². The van der Waals surface area contributed by atoms with Crippen molar-refractivity contribution in [2.75, 3.05) is 38.0 Å². The third-order valence-electron chi connectivity index (χ3n) is 5.47. The maximum absolute atomic E-state index is 12.5. The fraction of sp³-hybridized carbons (Fsp3) is 0.375. The summed E-state index contributed by atoms with van der Waals surface area (Å²) in [5.41, 5.74) is 3.12. The molecule has 1 N–H and O–H groups in total. The molecule has 1 saturated heterocycles. The minimum Gasteiger partial charge on any atom is -0.338 e. The maximum atomic E-state index is 12.5. The molecule has 0 aliphatic carbocycles. The summed E-state index contributed by atoms with van der Waals surface area (Å²) < 4.78 is 5.34. The average molecular weight is 420 g/mol. The van der Waals surface area contributed by atoms with Crippen LogP contribution in [0.2, 0.25) is 0 Å². The highest BCUT2D eigenvalue weighted by molar-refractivity contribution is 5.92. The number of rotatable bonds is 7. The molecule has 0 saturated carbocycles. The molecule has 0 spiro atoms. The second-order valence-corrected chi connectivity index (χ2v) is 8.24. The Kier molecular flexibility index (Phi) is 6.74. The van der Waals surface area contributed by atoms with Crippen molar-refractivity contribution in [3.8, 4) is 11.1 Å². The molecule has 1 aromatic heterocycles. The van der Waals surface area contributed by atoms with Crippen molar-refractivity contribution in [3.05, 3.63) is 66.3 Å². The Bertz CT molecular complexity index is 977. The van der Waals surface area contributed by atoms with Gasteiger partial charge < -0.3 is 9.84 Å². The van der Waals surface area contributed by atoms with E-state index in [1.54, 1.807) is 0 Å². The summed E-state index contributed by atoms with van der Waals surface area (Å²) in [4.78, 5) is 21.4. The highest BCUT2D eigenvalue weighted by Gasteiger charge is 2.21. The van der Waals surface area contributed by atoms with Gasteiger partial charge in [-0.1, -0.05) is 61.5 Å². The number of nitrogens with one attached hydrogen (secondary N) is 1. The molecule has 1 aliphatic heterocycles. The zero-order valence-electron chi connectivity index (χ0n) is 18.1. The first-order valence-electron chi connectivity index (χ1n) is 10.8. The van der Waals surface area contributed by atoms with Crippen LogP contribution in [0.15, 0.2) is 59.1 Å². The Morgan fingerprint density at radius 2 is 1.61 bits per heavy atom. The number of carbonyl (C=O) groups excluding carboxylic acids is 1. The third kappa shape index (κ3) is 5.77. The Labute approximate surface area is 183 Å². The van der Waals surface area contributed by atoms with Crippen molar-refractivity contribution in [1.82, 2.24) is 19.9 Å². The number of carbonyl (C=O) groups is 1. The number of hydrogen-bond donors (Lipinski definition) is 1. The standard InChI is InChI=1S/C24H29N5O2/c1-18(2)24-26-23(31-27-24)17-29-14-12-28(13-15-29)16-22(30)25-21-10-8-20(9-11-21)19-6-4-3-5-7-19/h3-11,18H,12-17H2,1-2H3,(H,25,30). The summed E-state index contributed by atoms with van der Waals surface area (Å²) in [5.74, 6) is 1.69. The lowest BCUT2D eigenvalue weighted by Gasteiger charge is -2.33. The quantitative estimate of drug-likeness (QED) is 0.631. The molecule has 0 unspecified atom stereocenters. The number of aromatic nitrogens is 2. The number of piperazine rings is 1. The molecule has 162 valence electrons. The second-order valence-electron chi connectivity index (χ2n) is 8.24. The van der Waals surface area contributed by atoms with Crippen LogP contribution in [0.5, 0.6) is 0 Å². The van der Waals surface area contributed by atoms with Crippen molar-refractivity contribution in [2.45, 2.75) is 26.3 Å². The van der Waals surface area contributed by atoms with Crippen molar-refractivity contribution in [3.63, 3.8) is 0 Å². The Balaban J connectivity index is 1.22. The van der Waals surface area contributed by atoms with Gasteiger partial charge in [0.05, 0.1) is 13.1 Å². The van der Waals surface area contributed by atoms with E-state index in [1.807, 2.05) is 42.5 Å². The Morgan fingerprint density at radius 3 is 2.26 bits per heavy atom. The van der Waals surface area contributed by atoms with Crippen LogP contribution in [0.3, 0.4) is 0 Å². The highest BCUT2D eigenvalue weighted by atomic mass is 16.5. The van der Waals surface area contributed by atoms with E-state index in [0.29, 0.717) is 19.0 Å². The lowest BCUT2D eigenvalue weighted by atomic mass is 10.1. The summed E-state index contributed by atoms with van der Waals surface area (Å²) in [6, 6.07) is 18.2. The number of benzene rings is 2. The molecule has 1 aliphatic rings. The molecule has 1 fully saturated rings. The summed E-state index contributed by atoms with van der Waals surface area (Å²) in [6.45, 7) is 8.58. The van der Waals surface area contributed by atoms with Crippen LogP contribution in [0.1, 0.15) is 31.5 Å². The Hall–Kier alpha value is -3.03. The summed E-state index contributed by atoms with van der Waals surface area (Å²) in [6.07, 6.45) is 0. The van der Waals surface area contributed by atoms with Gasteiger partial charge >= 0.3 is 0 Å². The van der Waals surface area contributed by atoms with Crippen LogP contribution in [-0.4, -0.2) is 58.6 Å². The molecule has 0 radical (unpaired) electrons. The van der Waals surface area contributed by atoms with E-state index in [2.05, 4.69) is 51.2 Å². The minimum absolute atomic E-state index is 0.0133. The van der Waals surface area contributed by atoms with Crippen LogP contribution < -0.4 is 5.32 Å². The predicted molar refractivity (Wildman–Crippen MR) is 121 cm³/mol. The third-order valence-corrected chi connectivity index (χ3v) is 5.47. The average Bonchev–Trinajstić information content (AvgIpc) is 3.25. The van der Waals surface area contributed by atoms with Gasteiger partial charge in [0.1, 0.15) is 0 Å². The maximum Gasteiger partial charge on any atom is 0.240 e. The van der Waals surface area contributed by atoms with Crippen molar-refractivity contribution < 1.29 is 9.32 Å². The van der Waals surface area contributed by atoms with Gasteiger partial charge in [-0.3, -0.25) is 14.6 Å². The molecule has 0 atom stereocenters. The van der Waals surface area contributed by atoms with E-state index in [-0.39, 0.29) is 11.8 Å². The lowest BCUT2D eigenvalue weighted by Crippen LogP contribution is -2.48. The van der Waals surface area contributed by atoms with Gasteiger partial charge in [-0.15, -0.1) is 0 Å². The van der Waals surface area contributed by atoms with E-state index >= 15 is 0 Å². The first kappa shape index (κ1) is 21.2. The van der Waals surface area contributed by atoms with Gasteiger partial charge in [0, 0.05) is 37.8 Å². The SMILES string of the molecule is CC(C)c1noc(CN2CCN(CC(=O)Nc3ccc(-c4ccccc4)cc3)CC2)n1. The first-order chi connectivity index (χ1) is 15.1. The molecule has 2 heterocycles. The van der Waals surface area contributed by atoms with Crippen LogP contribution in [0.4, 0.5) is 5.69 Å². The van der Waals surface area contributed by atoms with Gasteiger partial charge in [0.15, 0.2) is 5.82 Å². The van der Waals surface area contributed by atoms with Crippen molar-refractivity contribution >= 4 is 11.6 Å². The number of hydrogen-bond acceptors (Lipinski definition) is 6. The number of amides is 1. The molecule has 31 heavy (non-hydrogen) atoms. The molecule has 2 aromatic carbocycles. The summed E-state index contributed by atoms with van der Waals surface area (Å²) in [7, 11) is 0. The van der Waals surface area contributed by atoms with Gasteiger partial charge in [-0.25, -0.2) is 0 Å². The van der Waals surface area contributed by atoms with Crippen LogP contribution in [0, 0.1) is 0 Å².